The molecular weight excluding hydrogens is 246 g/mol. The van der Waals surface area contributed by atoms with Crippen LogP contribution in [0.15, 0.2) is 27.7 Å². The van der Waals surface area contributed by atoms with Crippen LogP contribution in [0.25, 0.3) is 0 Å². The van der Waals surface area contributed by atoms with Gasteiger partial charge in [0.1, 0.15) is 10.9 Å². The zero-order chi connectivity index (χ0) is 11.5. The molecule has 1 N–H and O–H groups in total. The molecule has 0 fully saturated rings. The maximum Gasteiger partial charge on any atom is 0.182 e. The van der Waals surface area contributed by atoms with E-state index in [9.17, 15) is 0 Å². The Morgan fingerprint density at radius 3 is 2.88 bits per heavy atom. The van der Waals surface area contributed by atoms with Crippen LogP contribution in [0, 0.1) is 13.8 Å². The maximum absolute atomic E-state index is 5.92. The quantitative estimate of drug-likeness (QED) is 0.672. The van der Waals surface area contributed by atoms with E-state index in [1.807, 2.05) is 26.0 Å². The number of hydrogen-bond donors (Lipinski definition) is 1. The van der Waals surface area contributed by atoms with E-state index in [0.29, 0.717) is 11.0 Å². The van der Waals surface area contributed by atoms with E-state index in [2.05, 4.69) is 14.9 Å². The van der Waals surface area contributed by atoms with Crippen molar-refractivity contribution < 1.29 is 4.52 Å². The summed E-state index contributed by atoms with van der Waals surface area (Å²) < 4.78 is 8.12. The maximum atomic E-state index is 5.92. The van der Waals surface area contributed by atoms with Gasteiger partial charge in [-0.2, -0.15) is 0 Å². The number of halogens is 1. The van der Waals surface area contributed by atoms with Gasteiger partial charge in [0.15, 0.2) is 5.82 Å². The van der Waals surface area contributed by atoms with E-state index in [1.54, 1.807) is 6.20 Å². The second-order valence-corrected chi connectivity index (χ2v) is 4.41. The van der Waals surface area contributed by atoms with Crippen molar-refractivity contribution in [2.24, 2.45) is 0 Å². The molecule has 2 aromatic rings. The van der Waals surface area contributed by atoms with Gasteiger partial charge in [0.05, 0.1) is 4.90 Å². The third-order valence-corrected chi connectivity index (χ3v) is 3.40. The molecular formula is C10H10ClN3OS. The highest BCUT2D eigenvalue weighted by Gasteiger charge is 2.08. The molecule has 4 nitrogen and oxygen atoms in total. The lowest BCUT2D eigenvalue weighted by Crippen LogP contribution is -1.90. The monoisotopic (exact) mass is 255 g/mol. The average Bonchev–Trinajstić information content (AvgIpc) is 2.59. The summed E-state index contributed by atoms with van der Waals surface area (Å²) in [5, 5.41) is 4.36. The number of nitrogens with one attached hydrogen (secondary N) is 1. The van der Waals surface area contributed by atoms with Gasteiger partial charge in [-0.25, -0.2) is 4.98 Å². The van der Waals surface area contributed by atoms with E-state index < -0.39 is 0 Å². The van der Waals surface area contributed by atoms with Gasteiger partial charge in [-0.05, 0) is 37.9 Å². The number of aromatic nitrogens is 2. The van der Waals surface area contributed by atoms with Crippen molar-refractivity contribution in [2.75, 3.05) is 4.72 Å². The second-order valence-electron chi connectivity index (χ2n) is 3.21. The van der Waals surface area contributed by atoms with Gasteiger partial charge >= 0.3 is 0 Å². The van der Waals surface area contributed by atoms with Crippen LogP contribution in [-0.2, 0) is 0 Å². The van der Waals surface area contributed by atoms with Gasteiger partial charge in [-0.3, -0.25) is 0 Å². The van der Waals surface area contributed by atoms with E-state index in [0.717, 1.165) is 16.2 Å². The molecule has 2 rings (SSSR count). The van der Waals surface area contributed by atoms with E-state index in [-0.39, 0.29) is 0 Å². The molecule has 16 heavy (non-hydrogen) atoms. The minimum atomic E-state index is 0.470. The highest BCUT2D eigenvalue weighted by atomic mass is 35.5. The van der Waals surface area contributed by atoms with Gasteiger partial charge in [-0.1, -0.05) is 16.8 Å². The van der Waals surface area contributed by atoms with Crippen molar-refractivity contribution in [2.45, 2.75) is 18.7 Å². The molecule has 0 atom stereocenters. The molecule has 0 aliphatic rings. The van der Waals surface area contributed by atoms with Gasteiger partial charge in [-0.15, -0.1) is 0 Å². The highest BCUT2D eigenvalue weighted by Crippen LogP contribution is 2.27. The molecule has 0 aliphatic heterocycles. The lowest BCUT2D eigenvalue weighted by atomic mass is 10.3. The molecule has 0 spiro atoms. The first kappa shape index (κ1) is 11.3. The van der Waals surface area contributed by atoms with Crippen LogP contribution < -0.4 is 4.72 Å². The van der Waals surface area contributed by atoms with Crippen LogP contribution in [0.4, 0.5) is 5.82 Å². The Morgan fingerprint density at radius 1 is 1.44 bits per heavy atom. The molecule has 2 aromatic heterocycles. The predicted molar refractivity (Wildman–Crippen MR) is 64.7 cm³/mol. The van der Waals surface area contributed by atoms with Crippen LogP contribution in [0.1, 0.15) is 11.3 Å². The normalized spacial score (nSPS) is 10.4. The first-order chi connectivity index (χ1) is 7.68. The third kappa shape index (κ3) is 2.31. The van der Waals surface area contributed by atoms with Crippen LogP contribution in [-0.4, -0.2) is 10.1 Å². The van der Waals surface area contributed by atoms with Crippen LogP contribution in [0.2, 0.25) is 5.15 Å². The molecule has 0 saturated heterocycles. The zero-order valence-corrected chi connectivity index (χ0v) is 10.4. The van der Waals surface area contributed by atoms with Crippen molar-refractivity contribution >= 4 is 29.4 Å². The summed E-state index contributed by atoms with van der Waals surface area (Å²) in [6.45, 7) is 3.81. The van der Waals surface area contributed by atoms with Crippen molar-refractivity contribution in [1.82, 2.24) is 10.1 Å². The largest absolute Gasteiger partial charge is 0.359 e. The van der Waals surface area contributed by atoms with E-state index in [1.165, 1.54) is 11.9 Å². The minimum Gasteiger partial charge on any atom is -0.359 e. The molecule has 0 saturated carbocycles. The Hall–Kier alpha value is -1.20. The molecule has 0 aliphatic carbocycles. The molecule has 0 amide bonds. The summed E-state index contributed by atoms with van der Waals surface area (Å²) in [5.74, 6) is 1.52. The van der Waals surface area contributed by atoms with E-state index >= 15 is 0 Å². The number of anilines is 1. The standard InChI is InChI=1S/C10H10ClN3OS/c1-6-7(2)15-13-10(6)14-16-8-4-3-5-12-9(8)11/h3-5H,1-2H3,(H,13,14). The summed E-state index contributed by atoms with van der Waals surface area (Å²) in [5.41, 5.74) is 0.993. The number of rotatable bonds is 3. The van der Waals surface area contributed by atoms with Crippen molar-refractivity contribution in [3.63, 3.8) is 0 Å². The van der Waals surface area contributed by atoms with Crippen molar-refractivity contribution in [3.8, 4) is 0 Å². The molecule has 0 unspecified atom stereocenters. The van der Waals surface area contributed by atoms with Gasteiger partial charge < -0.3 is 9.25 Å². The molecule has 0 radical (unpaired) electrons. The summed E-state index contributed by atoms with van der Waals surface area (Å²) in [7, 11) is 0. The smallest absolute Gasteiger partial charge is 0.182 e. The fourth-order valence-electron chi connectivity index (χ4n) is 1.06. The second kappa shape index (κ2) is 4.76. The first-order valence-corrected chi connectivity index (χ1v) is 5.84. The van der Waals surface area contributed by atoms with Gasteiger partial charge in [0.2, 0.25) is 0 Å². The average molecular weight is 256 g/mol. The predicted octanol–water partition coefficient (Wildman–Crippen LogP) is 3.46. The van der Waals surface area contributed by atoms with Crippen LogP contribution in [0.5, 0.6) is 0 Å². The van der Waals surface area contributed by atoms with Crippen LogP contribution in [0.3, 0.4) is 0 Å². The summed E-state index contributed by atoms with van der Waals surface area (Å²) in [6, 6.07) is 3.71. The summed E-state index contributed by atoms with van der Waals surface area (Å²) in [6.07, 6.45) is 1.65. The summed E-state index contributed by atoms with van der Waals surface area (Å²) in [4.78, 5) is 4.83. The van der Waals surface area contributed by atoms with Crippen LogP contribution >= 0.6 is 23.5 Å². The van der Waals surface area contributed by atoms with Gasteiger partial charge in [0.25, 0.3) is 0 Å². The fraction of sp³-hybridized carbons (Fsp3) is 0.200. The Bertz CT molecular complexity index is 501. The Balaban J connectivity index is 2.08. The Kier molecular flexibility index (Phi) is 3.36. The third-order valence-electron chi connectivity index (χ3n) is 2.14. The fourth-order valence-corrected chi connectivity index (χ4v) is 1.98. The topological polar surface area (TPSA) is 51.0 Å². The zero-order valence-electron chi connectivity index (χ0n) is 8.82. The number of hydrogen-bond acceptors (Lipinski definition) is 5. The summed E-state index contributed by atoms with van der Waals surface area (Å²) >= 11 is 7.28. The van der Waals surface area contributed by atoms with Gasteiger partial charge in [0, 0.05) is 11.8 Å². The van der Waals surface area contributed by atoms with E-state index in [4.69, 9.17) is 16.1 Å². The Morgan fingerprint density at radius 2 is 2.25 bits per heavy atom. The number of nitrogens with zero attached hydrogens (tertiary/aromatic N) is 2. The number of aryl methyl sites for hydroxylation is 1. The lowest BCUT2D eigenvalue weighted by molar-refractivity contribution is 0.399. The lowest BCUT2D eigenvalue weighted by Gasteiger charge is -2.03. The molecule has 2 heterocycles. The Labute approximate surface area is 103 Å². The number of pyridine rings is 1. The highest BCUT2D eigenvalue weighted by molar-refractivity contribution is 8.00. The molecule has 84 valence electrons. The first-order valence-electron chi connectivity index (χ1n) is 4.64. The molecule has 0 bridgehead atoms. The SMILES string of the molecule is Cc1onc(NSc2cccnc2Cl)c1C. The van der Waals surface area contributed by atoms with Crippen molar-refractivity contribution in [3.05, 3.63) is 34.8 Å². The molecule has 6 heteroatoms. The van der Waals surface area contributed by atoms with Crippen molar-refractivity contribution in [1.29, 1.82) is 0 Å². The minimum absolute atomic E-state index is 0.470. The molecule has 0 aromatic carbocycles.